The Morgan fingerprint density at radius 2 is 2.00 bits per heavy atom. The minimum atomic E-state index is -1.07. The molecule has 2 aromatic rings. The lowest BCUT2D eigenvalue weighted by Gasteiger charge is -2.19. The van der Waals surface area contributed by atoms with Gasteiger partial charge in [-0.25, -0.2) is 9.07 Å². The highest BCUT2D eigenvalue weighted by Gasteiger charge is 2.18. The Bertz CT molecular complexity index is 669. The fourth-order valence-electron chi connectivity index (χ4n) is 1.91. The van der Waals surface area contributed by atoms with Crippen LogP contribution in [-0.2, 0) is 17.9 Å². The number of nitrogens with zero attached hydrogens (tertiary/aromatic N) is 4. The number of hydrogen-bond donors (Lipinski definition) is 1. The second-order valence-electron chi connectivity index (χ2n) is 4.64. The van der Waals surface area contributed by atoms with Gasteiger partial charge in [0.25, 0.3) is 5.91 Å². The van der Waals surface area contributed by atoms with Gasteiger partial charge in [0.2, 0.25) is 0 Å². The molecule has 1 aromatic carbocycles. The Morgan fingerprint density at radius 1 is 1.32 bits per heavy atom. The zero-order valence-electron chi connectivity index (χ0n) is 11.9. The number of rotatable bonds is 6. The number of carbonyl (C=O) groups excluding carboxylic acids is 1. The standard InChI is InChI=1S/C14H15FN4O3/c1-2-18(7-10-3-5-11(15)6-4-10)14(22)12-8-19(17-16-12)9-13(20)21/h3-6,8H,2,7,9H2,1H3,(H,20,21). The summed E-state index contributed by atoms with van der Waals surface area (Å²) in [4.78, 5) is 24.4. The van der Waals surface area contributed by atoms with Gasteiger partial charge in [0.1, 0.15) is 12.4 Å². The Balaban J connectivity index is 2.09. The van der Waals surface area contributed by atoms with Crippen LogP contribution in [0.4, 0.5) is 4.39 Å². The summed E-state index contributed by atoms with van der Waals surface area (Å²) in [6, 6.07) is 5.87. The molecule has 0 aliphatic heterocycles. The molecule has 7 nitrogen and oxygen atoms in total. The van der Waals surface area contributed by atoms with Gasteiger partial charge in [0.15, 0.2) is 5.69 Å². The molecule has 0 spiro atoms. The molecule has 2 rings (SSSR count). The molecule has 0 bridgehead atoms. The van der Waals surface area contributed by atoms with Gasteiger partial charge in [-0.2, -0.15) is 0 Å². The molecule has 0 aliphatic rings. The minimum Gasteiger partial charge on any atom is -0.480 e. The lowest BCUT2D eigenvalue weighted by atomic mass is 10.2. The number of carbonyl (C=O) groups is 2. The topological polar surface area (TPSA) is 88.3 Å². The first-order chi connectivity index (χ1) is 10.5. The van der Waals surface area contributed by atoms with Crippen molar-refractivity contribution >= 4 is 11.9 Å². The quantitative estimate of drug-likeness (QED) is 0.865. The highest BCUT2D eigenvalue weighted by atomic mass is 19.1. The molecule has 1 amide bonds. The third-order valence-corrected chi connectivity index (χ3v) is 3.01. The molecule has 0 saturated heterocycles. The summed E-state index contributed by atoms with van der Waals surface area (Å²) in [6.45, 7) is 2.19. The number of aromatic nitrogens is 3. The molecule has 1 N–H and O–H groups in total. The highest BCUT2D eigenvalue weighted by Crippen LogP contribution is 2.09. The monoisotopic (exact) mass is 306 g/mol. The van der Waals surface area contributed by atoms with Gasteiger partial charge in [-0.05, 0) is 24.6 Å². The average molecular weight is 306 g/mol. The third kappa shape index (κ3) is 3.87. The van der Waals surface area contributed by atoms with Crippen LogP contribution in [0.3, 0.4) is 0 Å². The summed E-state index contributed by atoms with van der Waals surface area (Å²) >= 11 is 0. The van der Waals surface area contributed by atoms with Crippen LogP contribution in [0, 0.1) is 5.82 Å². The molecule has 0 atom stereocenters. The van der Waals surface area contributed by atoms with E-state index in [9.17, 15) is 14.0 Å². The number of aliphatic carboxylic acids is 1. The zero-order valence-corrected chi connectivity index (χ0v) is 11.9. The van der Waals surface area contributed by atoms with Crippen molar-refractivity contribution in [3.8, 4) is 0 Å². The molecule has 0 unspecified atom stereocenters. The van der Waals surface area contributed by atoms with Gasteiger partial charge in [-0.15, -0.1) is 5.10 Å². The molecule has 0 radical (unpaired) electrons. The largest absolute Gasteiger partial charge is 0.480 e. The van der Waals surface area contributed by atoms with E-state index in [2.05, 4.69) is 10.3 Å². The minimum absolute atomic E-state index is 0.0743. The van der Waals surface area contributed by atoms with Gasteiger partial charge < -0.3 is 10.0 Å². The first-order valence-electron chi connectivity index (χ1n) is 6.65. The van der Waals surface area contributed by atoms with Crippen LogP contribution in [0.2, 0.25) is 0 Å². The Labute approximate surface area is 126 Å². The van der Waals surface area contributed by atoms with Crippen molar-refractivity contribution in [3.63, 3.8) is 0 Å². The first kappa shape index (κ1) is 15.6. The van der Waals surface area contributed by atoms with E-state index in [1.54, 1.807) is 12.1 Å². The molecule has 116 valence electrons. The van der Waals surface area contributed by atoms with Crippen molar-refractivity contribution in [1.29, 1.82) is 0 Å². The fraction of sp³-hybridized carbons (Fsp3) is 0.286. The van der Waals surface area contributed by atoms with Crippen LogP contribution in [0.5, 0.6) is 0 Å². The fourth-order valence-corrected chi connectivity index (χ4v) is 1.91. The molecule has 22 heavy (non-hydrogen) atoms. The number of carboxylic acid groups (broad SMARTS) is 1. The van der Waals surface area contributed by atoms with Crippen LogP contribution in [0.1, 0.15) is 23.0 Å². The number of amides is 1. The van der Waals surface area contributed by atoms with Gasteiger partial charge in [-0.1, -0.05) is 17.3 Å². The lowest BCUT2D eigenvalue weighted by Crippen LogP contribution is -2.30. The van der Waals surface area contributed by atoms with Gasteiger partial charge in [0, 0.05) is 13.1 Å². The van der Waals surface area contributed by atoms with Crippen molar-refractivity contribution in [1.82, 2.24) is 19.9 Å². The molecule has 1 heterocycles. The van der Waals surface area contributed by atoms with E-state index in [-0.39, 0.29) is 24.0 Å². The Hall–Kier alpha value is -2.77. The van der Waals surface area contributed by atoms with Crippen LogP contribution in [-0.4, -0.2) is 43.4 Å². The van der Waals surface area contributed by atoms with E-state index in [0.717, 1.165) is 10.2 Å². The van der Waals surface area contributed by atoms with E-state index < -0.39 is 5.97 Å². The molecule has 0 saturated carbocycles. The maximum Gasteiger partial charge on any atom is 0.325 e. The van der Waals surface area contributed by atoms with Crippen molar-refractivity contribution in [2.24, 2.45) is 0 Å². The van der Waals surface area contributed by atoms with E-state index in [1.165, 1.54) is 23.2 Å². The maximum absolute atomic E-state index is 12.9. The Kier molecular flexibility index (Phi) is 4.82. The molecular weight excluding hydrogens is 291 g/mol. The molecule has 0 fully saturated rings. The van der Waals surface area contributed by atoms with Gasteiger partial charge in [-0.3, -0.25) is 9.59 Å². The van der Waals surface area contributed by atoms with Crippen molar-refractivity contribution in [2.45, 2.75) is 20.0 Å². The molecular formula is C14H15FN4O3. The maximum atomic E-state index is 12.9. The van der Waals surface area contributed by atoms with E-state index in [0.29, 0.717) is 13.1 Å². The average Bonchev–Trinajstić information content (AvgIpc) is 2.93. The predicted octanol–water partition coefficient (Wildman–Crippen LogP) is 1.16. The number of carboxylic acids is 1. The summed E-state index contributed by atoms with van der Waals surface area (Å²) < 4.78 is 14.0. The lowest BCUT2D eigenvalue weighted by molar-refractivity contribution is -0.137. The summed E-state index contributed by atoms with van der Waals surface area (Å²) in [7, 11) is 0. The predicted molar refractivity (Wildman–Crippen MR) is 74.5 cm³/mol. The van der Waals surface area contributed by atoms with E-state index in [1.807, 2.05) is 6.92 Å². The Morgan fingerprint density at radius 3 is 2.59 bits per heavy atom. The normalized spacial score (nSPS) is 10.5. The van der Waals surface area contributed by atoms with Crippen LogP contribution < -0.4 is 0 Å². The number of benzene rings is 1. The summed E-state index contributed by atoms with van der Waals surface area (Å²) in [5.41, 5.74) is 0.861. The van der Waals surface area contributed by atoms with Crippen molar-refractivity contribution in [2.75, 3.05) is 6.54 Å². The van der Waals surface area contributed by atoms with Crippen molar-refractivity contribution < 1.29 is 19.1 Å². The molecule has 8 heteroatoms. The number of halogens is 1. The smallest absolute Gasteiger partial charge is 0.325 e. The second kappa shape index (κ2) is 6.79. The zero-order chi connectivity index (χ0) is 16.1. The number of hydrogen-bond acceptors (Lipinski definition) is 4. The van der Waals surface area contributed by atoms with Crippen LogP contribution in [0.15, 0.2) is 30.5 Å². The first-order valence-corrected chi connectivity index (χ1v) is 6.65. The SMILES string of the molecule is CCN(Cc1ccc(F)cc1)C(=O)c1cn(CC(=O)O)nn1. The van der Waals surface area contributed by atoms with E-state index in [4.69, 9.17) is 5.11 Å². The summed E-state index contributed by atoms with van der Waals surface area (Å²) in [5, 5.41) is 16.0. The van der Waals surface area contributed by atoms with Crippen LogP contribution >= 0.6 is 0 Å². The summed E-state index contributed by atoms with van der Waals surface area (Å²) in [6.07, 6.45) is 1.30. The molecule has 0 aliphatic carbocycles. The molecule has 1 aromatic heterocycles. The van der Waals surface area contributed by atoms with Gasteiger partial charge >= 0.3 is 5.97 Å². The highest BCUT2D eigenvalue weighted by molar-refractivity contribution is 5.91. The summed E-state index contributed by atoms with van der Waals surface area (Å²) in [5.74, 6) is -1.76. The van der Waals surface area contributed by atoms with Gasteiger partial charge in [0.05, 0.1) is 6.20 Å². The van der Waals surface area contributed by atoms with E-state index >= 15 is 0 Å². The second-order valence-corrected chi connectivity index (χ2v) is 4.64. The third-order valence-electron chi connectivity index (χ3n) is 3.01. The van der Waals surface area contributed by atoms with Crippen molar-refractivity contribution in [3.05, 3.63) is 47.5 Å². The van der Waals surface area contributed by atoms with Crippen LogP contribution in [0.25, 0.3) is 0 Å².